The summed E-state index contributed by atoms with van der Waals surface area (Å²) in [6.07, 6.45) is 0. The van der Waals surface area contributed by atoms with Gasteiger partial charge in [0.15, 0.2) is 6.61 Å². The summed E-state index contributed by atoms with van der Waals surface area (Å²) in [6, 6.07) is 19.7. The van der Waals surface area contributed by atoms with E-state index in [2.05, 4.69) is 15.5 Å². The Morgan fingerprint density at radius 1 is 0.935 bits per heavy atom. The Kier molecular flexibility index (Phi) is 7.77. The smallest absolute Gasteiger partial charge is 0.258 e. The third kappa shape index (κ3) is 6.72. The zero-order valence-corrected chi connectivity index (χ0v) is 17.1. The highest BCUT2D eigenvalue weighted by atomic mass is 16.5. The fourth-order valence-electron chi connectivity index (χ4n) is 2.61. The van der Waals surface area contributed by atoms with Gasteiger partial charge >= 0.3 is 0 Å². The van der Waals surface area contributed by atoms with Crippen molar-refractivity contribution in [1.29, 1.82) is 5.26 Å². The van der Waals surface area contributed by atoms with Crippen LogP contribution in [0, 0.1) is 11.3 Å². The monoisotopic (exact) mass is 418 g/mol. The lowest BCUT2D eigenvalue weighted by atomic mass is 10.1. The molecule has 0 aliphatic rings. The fraction of sp³-hybridized carbons (Fsp3) is 0.217. The third-order valence-electron chi connectivity index (χ3n) is 4.13. The van der Waals surface area contributed by atoms with Gasteiger partial charge in [0, 0.05) is 11.6 Å². The first-order valence-electron chi connectivity index (χ1n) is 9.77. The molecule has 3 aromatic rings. The molecule has 1 aromatic heterocycles. The van der Waals surface area contributed by atoms with Crippen molar-refractivity contribution in [1.82, 2.24) is 15.5 Å². The number of hydrogen-bond donors (Lipinski definition) is 1. The van der Waals surface area contributed by atoms with Crippen molar-refractivity contribution in [2.45, 2.75) is 6.92 Å². The van der Waals surface area contributed by atoms with Crippen molar-refractivity contribution < 1.29 is 19.0 Å². The first kappa shape index (κ1) is 21.6. The number of aromatic nitrogens is 2. The minimum atomic E-state index is -0.273. The van der Waals surface area contributed by atoms with Crippen LogP contribution >= 0.6 is 0 Å². The second-order valence-electron chi connectivity index (χ2n) is 6.34. The van der Waals surface area contributed by atoms with Crippen LogP contribution in [-0.2, 0) is 4.79 Å². The third-order valence-corrected chi connectivity index (χ3v) is 4.13. The predicted molar refractivity (Wildman–Crippen MR) is 114 cm³/mol. The Bertz CT molecular complexity index is 1010. The highest BCUT2D eigenvalue weighted by molar-refractivity contribution is 5.77. The standard InChI is InChI=1S/C23H22N4O4/c1-2-29-19-9-5-18(6-10-19)21-11-12-23(27-26-21)30-14-13-25-22(28)16-31-20-7-3-17(15-24)4-8-20/h3-12H,2,13-14,16H2,1H3,(H,25,28). The summed E-state index contributed by atoms with van der Waals surface area (Å²) in [5.74, 6) is 1.43. The second kappa shape index (κ2) is 11.2. The van der Waals surface area contributed by atoms with Gasteiger partial charge in [-0.15, -0.1) is 10.2 Å². The molecule has 0 spiro atoms. The van der Waals surface area contributed by atoms with Crippen molar-refractivity contribution in [2.24, 2.45) is 0 Å². The van der Waals surface area contributed by atoms with Crippen LogP contribution in [0.1, 0.15) is 12.5 Å². The number of ether oxygens (including phenoxy) is 3. The number of nitrogens with one attached hydrogen (secondary N) is 1. The van der Waals surface area contributed by atoms with Gasteiger partial charge in [-0.25, -0.2) is 0 Å². The highest BCUT2D eigenvalue weighted by Crippen LogP contribution is 2.21. The predicted octanol–water partition coefficient (Wildman–Crippen LogP) is 2.99. The Labute approximate surface area is 180 Å². The van der Waals surface area contributed by atoms with Gasteiger partial charge < -0.3 is 19.5 Å². The van der Waals surface area contributed by atoms with Crippen molar-refractivity contribution in [2.75, 3.05) is 26.4 Å². The number of benzene rings is 2. The van der Waals surface area contributed by atoms with Gasteiger partial charge in [0.1, 0.15) is 18.1 Å². The van der Waals surface area contributed by atoms with Crippen LogP contribution in [0.5, 0.6) is 17.4 Å². The topological polar surface area (TPSA) is 106 Å². The second-order valence-corrected chi connectivity index (χ2v) is 6.34. The molecule has 0 saturated heterocycles. The molecular weight excluding hydrogens is 396 g/mol. The minimum absolute atomic E-state index is 0.123. The summed E-state index contributed by atoms with van der Waals surface area (Å²) in [5.41, 5.74) is 2.19. The molecule has 1 heterocycles. The Morgan fingerprint density at radius 2 is 1.65 bits per heavy atom. The number of rotatable bonds is 10. The number of nitriles is 1. The first-order chi connectivity index (χ1) is 15.2. The van der Waals surface area contributed by atoms with Crippen LogP contribution in [-0.4, -0.2) is 42.5 Å². The van der Waals surface area contributed by atoms with Crippen molar-refractivity contribution in [3.8, 4) is 34.7 Å². The van der Waals surface area contributed by atoms with E-state index in [9.17, 15) is 4.79 Å². The highest BCUT2D eigenvalue weighted by Gasteiger charge is 2.05. The van der Waals surface area contributed by atoms with E-state index in [0.29, 0.717) is 30.3 Å². The maximum Gasteiger partial charge on any atom is 0.258 e. The zero-order valence-electron chi connectivity index (χ0n) is 17.1. The van der Waals surface area contributed by atoms with E-state index in [-0.39, 0.29) is 19.1 Å². The van der Waals surface area contributed by atoms with Crippen LogP contribution < -0.4 is 19.5 Å². The van der Waals surface area contributed by atoms with Crippen LogP contribution in [0.2, 0.25) is 0 Å². The molecule has 1 amide bonds. The lowest BCUT2D eigenvalue weighted by molar-refractivity contribution is -0.123. The van der Waals surface area contributed by atoms with E-state index < -0.39 is 0 Å². The minimum Gasteiger partial charge on any atom is -0.494 e. The molecule has 0 radical (unpaired) electrons. The van der Waals surface area contributed by atoms with E-state index in [1.165, 1.54) is 0 Å². The number of hydrogen-bond acceptors (Lipinski definition) is 7. The first-order valence-corrected chi connectivity index (χ1v) is 9.77. The zero-order chi connectivity index (χ0) is 21.9. The summed E-state index contributed by atoms with van der Waals surface area (Å²) in [7, 11) is 0. The molecule has 31 heavy (non-hydrogen) atoms. The average Bonchev–Trinajstić information content (AvgIpc) is 2.82. The quantitative estimate of drug-likeness (QED) is 0.505. The molecule has 3 rings (SSSR count). The molecule has 0 bridgehead atoms. The van der Waals surface area contributed by atoms with Crippen molar-refractivity contribution in [3.05, 3.63) is 66.2 Å². The van der Waals surface area contributed by atoms with Crippen molar-refractivity contribution in [3.63, 3.8) is 0 Å². The molecule has 158 valence electrons. The SMILES string of the molecule is CCOc1ccc(-c2ccc(OCCNC(=O)COc3ccc(C#N)cc3)nn2)cc1. The van der Waals surface area contributed by atoms with E-state index in [1.807, 2.05) is 43.3 Å². The van der Waals surface area contributed by atoms with Crippen LogP contribution in [0.3, 0.4) is 0 Å². The lowest BCUT2D eigenvalue weighted by Crippen LogP contribution is -2.32. The van der Waals surface area contributed by atoms with E-state index in [0.717, 1.165) is 17.0 Å². The van der Waals surface area contributed by atoms with Gasteiger partial charge in [0.2, 0.25) is 5.88 Å². The molecule has 1 N–H and O–H groups in total. The van der Waals surface area contributed by atoms with Gasteiger partial charge in [-0.2, -0.15) is 5.26 Å². The van der Waals surface area contributed by atoms with Crippen LogP contribution in [0.25, 0.3) is 11.3 Å². The Morgan fingerprint density at radius 3 is 2.29 bits per heavy atom. The normalized spacial score (nSPS) is 10.1. The van der Waals surface area contributed by atoms with Gasteiger partial charge in [-0.05, 0) is 61.5 Å². The summed E-state index contributed by atoms with van der Waals surface area (Å²) in [6.45, 7) is 2.99. The van der Waals surface area contributed by atoms with Crippen molar-refractivity contribution >= 4 is 5.91 Å². The number of amides is 1. The summed E-state index contributed by atoms with van der Waals surface area (Å²) >= 11 is 0. The maximum absolute atomic E-state index is 11.8. The molecule has 0 aliphatic carbocycles. The summed E-state index contributed by atoms with van der Waals surface area (Å²) < 4.78 is 16.3. The van der Waals surface area contributed by atoms with Gasteiger partial charge in [0.25, 0.3) is 5.91 Å². The van der Waals surface area contributed by atoms with Crippen LogP contribution in [0.15, 0.2) is 60.7 Å². The number of nitrogens with zero attached hydrogens (tertiary/aromatic N) is 3. The Hall–Kier alpha value is -4.12. The molecule has 0 unspecified atom stereocenters. The van der Waals surface area contributed by atoms with E-state index in [1.54, 1.807) is 30.3 Å². The van der Waals surface area contributed by atoms with Gasteiger partial charge in [0.05, 0.1) is 30.5 Å². The fourth-order valence-corrected chi connectivity index (χ4v) is 2.61. The van der Waals surface area contributed by atoms with Gasteiger partial charge in [-0.3, -0.25) is 4.79 Å². The molecule has 0 atom stereocenters. The molecule has 0 saturated carbocycles. The average molecular weight is 418 g/mol. The van der Waals surface area contributed by atoms with E-state index >= 15 is 0 Å². The molecule has 8 heteroatoms. The van der Waals surface area contributed by atoms with Gasteiger partial charge in [-0.1, -0.05) is 0 Å². The van der Waals surface area contributed by atoms with E-state index in [4.69, 9.17) is 19.5 Å². The lowest BCUT2D eigenvalue weighted by Gasteiger charge is -2.09. The van der Waals surface area contributed by atoms with Crippen LogP contribution in [0.4, 0.5) is 0 Å². The molecule has 0 fully saturated rings. The number of carbonyl (C=O) groups excluding carboxylic acids is 1. The summed E-state index contributed by atoms with van der Waals surface area (Å²) in [5, 5.41) is 19.7. The summed E-state index contributed by atoms with van der Waals surface area (Å²) in [4.78, 5) is 11.8. The maximum atomic E-state index is 11.8. The molecule has 0 aliphatic heterocycles. The molecule has 8 nitrogen and oxygen atoms in total. The largest absolute Gasteiger partial charge is 0.494 e. The molecule has 2 aromatic carbocycles. The number of carbonyl (C=O) groups is 1. The molecular formula is C23H22N4O4. The Balaban J connectivity index is 1.37.